The topological polar surface area (TPSA) is 70.5 Å². The second-order valence-corrected chi connectivity index (χ2v) is 7.08. The van der Waals surface area contributed by atoms with E-state index < -0.39 is 6.10 Å². The number of anilines is 1. The van der Waals surface area contributed by atoms with E-state index in [1.807, 2.05) is 6.92 Å². The summed E-state index contributed by atoms with van der Waals surface area (Å²) in [6.07, 6.45) is 6.43. The van der Waals surface area contributed by atoms with Gasteiger partial charge in [0.05, 0.1) is 12.7 Å². The molecule has 0 saturated carbocycles. The van der Waals surface area contributed by atoms with Gasteiger partial charge in [-0.05, 0) is 45.4 Å². The van der Waals surface area contributed by atoms with Crippen molar-refractivity contribution in [1.29, 1.82) is 0 Å². The van der Waals surface area contributed by atoms with Crippen molar-refractivity contribution < 1.29 is 9.84 Å². The number of aromatic nitrogens is 2. The summed E-state index contributed by atoms with van der Waals surface area (Å²) >= 11 is 0. The van der Waals surface area contributed by atoms with Crippen LogP contribution in [0.5, 0.6) is 0 Å². The van der Waals surface area contributed by atoms with Gasteiger partial charge in [0.1, 0.15) is 11.6 Å². The highest BCUT2D eigenvalue weighted by atomic mass is 16.5. The van der Waals surface area contributed by atoms with Crippen molar-refractivity contribution in [2.75, 3.05) is 38.7 Å². The van der Waals surface area contributed by atoms with Crippen LogP contribution in [0.15, 0.2) is 0 Å². The molecule has 2 N–H and O–H groups in total. The van der Waals surface area contributed by atoms with E-state index in [1.54, 1.807) is 7.11 Å². The lowest BCUT2D eigenvalue weighted by Crippen LogP contribution is -2.43. The zero-order chi connectivity index (χ0) is 16.9. The number of likely N-dealkylation sites (tertiary alicyclic amines) is 1. The molecule has 2 aliphatic rings. The molecule has 0 amide bonds. The number of fused-ring (bicyclic) bond motifs is 1. The lowest BCUT2D eigenvalue weighted by Gasteiger charge is -2.34. The minimum absolute atomic E-state index is 0.393. The van der Waals surface area contributed by atoms with E-state index >= 15 is 0 Å². The molecule has 1 fully saturated rings. The summed E-state index contributed by atoms with van der Waals surface area (Å²) in [6.45, 7) is 5.10. The fraction of sp³-hybridized carbons (Fsp3) is 0.778. The van der Waals surface area contributed by atoms with Crippen molar-refractivity contribution in [2.45, 2.75) is 57.6 Å². The predicted molar refractivity (Wildman–Crippen MR) is 94.4 cm³/mol. The molecular formula is C18H30N4O2. The molecule has 0 bridgehead atoms. The van der Waals surface area contributed by atoms with Gasteiger partial charge < -0.3 is 20.1 Å². The summed E-state index contributed by atoms with van der Waals surface area (Å²) in [5, 5.41) is 13.6. The number of nitrogens with one attached hydrogen (secondary N) is 1. The maximum absolute atomic E-state index is 9.87. The fourth-order valence-electron chi connectivity index (χ4n) is 3.83. The van der Waals surface area contributed by atoms with Gasteiger partial charge in [-0.1, -0.05) is 0 Å². The van der Waals surface area contributed by atoms with Gasteiger partial charge in [0.2, 0.25) is 0 Å². The number of nitrogens with zero attached hydrogens (tertiary/aromatic N) is 3. The summed E-state index contributed by atoms with van der Waals surface area (Å²) in [4.78, 5) is 11.6. The normalized spacial score (nSPS) is 20.6. The number of aliphatic hydroxyl groups is 1. The molecule has 1 atom stereocenters. The number of methoxy groups -OCH3 is 1. The van der Waals surface area contributed by atoms with Crippen molar-refractivity contribution in [3.63, 3.8) is 0 Å². The van der Waals surface area contributed by atoms with Crippen LogP contribution in [0, 0.1) is 6.92 Å². The molecule has 3 rings (SSSR count). The smallest absolute Gasteiger partial charge is 0.133 e. The van der Waals surface area contributed by atoms with Gasteiger partial charge in [-0.3, -0.25) is 0 Å². The van der Waals surface area contributed by atoms with Crippen molar-refractivity contribution in [3.05, 3.63) is 17.1 Å². The largest absolute Gasteiger partial charge is 0.389 e. The number of β-amino-alcohol motifs (C(OH)–C–C–N with tert-alkyl or cyclic N) is 1. The van der Waals surface area contributed by atoms with E-state index in [2.05, 4.69) is 20.2 Å². The lowest BCUT2D eigenvalue weighted by atomic mass is 9.95. The van der Waals surface area contributed by atoms with E-state index in [-0.39, 0.29) is 0 Å². The molecule has 6 nitrogen and oxygen atoms in total. The Bertz CT molecular complexity index is 544. The molecule has 1 unspecified atom stereocenters. The van der Waals surface area contributed by atoms with Crippen LogP contribution in [0.1, 0.15) is 42.8 Å². The molecule has 1 aromatic heterocycles. The molecule has 1 saturated heterocycles. The van der Waals surface area contributed by atoms with Crippen LogP contribution in [0.2, 0.25) is 0 Å². The fourth-order valence-corrected chi connectivity index (χ4v) is 3.83. The van der Waals surface area contributed by atoms with Crippen molar-refractivity contribution in [1.82, 2.24) is 14.9 Å². The average Bonchev–Trinajstić information content (AvgIpc) is 2.57. The molecule has 1 aromatic rings. The first kappa shape index (κ1) is 17.6. The molecule has 0 aromatic carbocycles. The van der Waals surface area contributed by atoms with Gasteiger partial charge in [0, 0.05) is 44.0 Å². The van der Waals surface area contributed by atoms with Crippen LogP contribution in [0.3, 0.4) is 0 Å². The minimum atomic E-state index is -0.393. The third-order valence-electron chi connectivity index (χ3n) is 5.05. The second-order valence-electron chi connectivity index (χ2n) is 7.08. The number of aliphatic hydroxyl groups excluding tert-OH is 1. The summed E-state index contributed by atoms with van der Waals surface area (Å²) < 4.78 is 5.01. The molecule has 0 radical (unpaired) electrons. The second kappa shape index (κ2) is 8.23. The van der Waals surface area contributed by atoms with E-state index in [9.17, 15) is 5.11 Å². The van der Waals surface area contributed by atoms with E-state index in [4.69, 9.17) is 4.74 Å². The highest BCUT2D eigenvalue weighted by molar-refractivity contribution is 5.48. The average molecular weight is 334 g/mol. The number of piperidine rings is 1. The molecule has 134 valence electrons. The maximum atomic E-state index is 9.87. The Morgan fingerprint density at radius 2 is 2.00 bits per heavy atom. The zero-order valence-corrected chi connectivity index (χ0v) is 14.9. The molecule has 24 heavy (non-hydrogen) atoms. The highest BCUT2D eigenvalue weighted by Crippen LogP contribution is 2.27. The van der Waals surface area contributed by atoms with Crippen molar-refractivity contribution in [2.24, 2.45) is 0 Å². The van der Waals surface area contributed by atoms with Gasteiger partial charge in [-0.15, -0.1) is 0 Å². The minimum Gasteiger partial charge on any atom is -0.389 e. The van der Waals surface area contributed by atoms with E-state index in [0.717, 1.165) is 50.4 Å². The van der Waals surface area contributed by atoms with Crippen LogP contribution in [0.25, 0.3) is 0 Å². The van der Waals surface area contributed by atoms with Crippen LogP contribution < -0.4 is 5.32 Å². The van der Waals surface area contributed by atoms with Crippen LogP contribution in [-0.4, -0.2) is 65.5 Å². The molecule has 6 heteroatoms. The van der Waals surface area contributed by atoms with Crippen LogP contribution in [0.4, 0.5) is 5.82 Å². The summed E-state index contributed by atoms with van der Waals surface area (Å²) in [7, 11) is 1.63. The van der Waals surface area contributed by atoms with Gasteiger partial charge in [0.15, 0.2) is 0 Å². The van der Waals surface area contributed by atoms with Gasteiger partial charge in [0.25, 0.3) is 0 Å². The number of hydrogen-bond donors (Lipinski definition) is 2. The molecule has 0 spiro atoms. The molecular weight excluding hydrogens is 304 g/mol. The Labute approximate surface area is 144 Å². The third kappa shape index (κ3) is 4.43. The van der Waals surface area contributed by atoms with Crippen molar-refractivity contribution in [3.8, 4) is 0 Å². The van der Waals surface area contributed by atoms with Crippen molar-refractivity contribution >= 4 is 5.82 Å². The van der Waals surface area contributed by atoms with Gasteiger partial charge in [-0.25, -0.2) is 9.97 Å². The monoisotopic (exact) mass is 334 g/mol. The molecule has 1 aliphatic heterocycles. The Morgan fingerprint density at radius 3 is 2.75 bits per heavy atom. The summed E-state index contributed by atoms with van der Waals surface area (Å²) in [6, 6.07) is 0.459. The Kier molecular flexibility index (Phi) is 6.03. The maximum Gasteiger partial charge on any atom is 0.133 e. The molecule has 1 aliphatic carbocycles. The first-order valence-electron chi connectivity index (χ1n) is 9.18. The summed E-state index contributed by atoms with van der Waals surface area (Å²) in [5.41, 5.74) is 2.58. The highest BCUT2D eigenvalue weighted by Gasteiger charge is 2.23. The summed E-state index contributed by atoms with van der Waals surface area (Å²) in [5.74, 6) is 1.94. The number of ether oxygens (including phenoxy) is 1. The number of hydrogen-bond acceptors (Lipinski definition) is 6. The Balaban J connectivity index is 1.56. The lowest BCUT2D eigenvalue weighted by molar-refractivity contribution is 0.0327. The third-order valence-corrected chi connectivity index (χ3v) is 5.05. The van der Waals surface area contributed by atoms with Crippen LogP contribution in [-0.2, 0) is 17.6 Å². The zero-order valence-electron chi connectivity index (χ0n) is 14.9. The molecule has 2 heterocycles. The number of aryl methyl sites for hydroxylation is 2. The first-order valence-corrected chi connectivity index (χ1v) is 9.18. The van der Waals surface area contributed by atoms with Crippen LogP contribution >= 0.6 is 0 Å². The standard InChI is InChI=1S/C18H30N4O2/c1-13-19-17-6-4-3-5-16(17)18(20-13)21-14-7-9-22(10-8-14)11-15(23)12-24-2/h14-15,23H,3-12H2,1-2H3,(H,19,20,21). The van der Waals surface area contributed by atoms with E-state index in [1.165, 1.54) is 24.1 Å². The quantitative estimate of drug-likeness (QED) is 0.822. The SMILES string of the molecule is COCC(O)CN1CCC(Nc2nc(C)nc3c2CCCC3)CC1. The Hall–Kier alpha value is -1.24. The van der Waals surface area contributed by atoms with Gasteiger partial charge >= 0.3 is 0 Å². The number of rotatable bonds is 6. The Morgan fingerprint density at radius 1 is 1.25 bits per heavy atom. The van der Waals surface area contributed by atoms with Gasteiger partial charge in [-0.2, -0.15) is 0 Å². The predicted octanol–water partition coefficient (Wildman–Crippen LogP) is 1.55. The van der Waals surface area contributed by atoms with E-state index in [0.29, 0.717) is 19.2 Å². The first-order chi connectivity index (χ1) is 11.7.